The molecule has 0 radical (unpaired) electrons. The van der Waals surface area contributed by atoms with E-state index in [0.717, 1.165) is 24.7 Å². The molecular weight excluding hydrogens is 308 g/mol. The molecule has 1 aliphatic carbocycles. The van der Waals surface area contributed by atoms with Crippen molar-refractivity contribution in [3.8, 4) is 0 Å². The highest BCUT2D eigenvalue weighted by Gasteiger charge is 2.40. The molecule has 2 heteroatoms. The molecule has 0 bridgehead atoms. The molecule has 0 aromatic heterocycles. The van der Waals surface area contributed by atoms with Crippen LogP contribution in [-0.4, -0.2) is 20.7 Å². The minimum atomic E-state index is -0.00623. The van der Waals surface area contributed by atoms with Gasteiger partial charge in [0.05, 0.1) is 6.10 Å². The fourth-order valence-corrected chi connectivity index (χ4v) is 7.72. The third-order valence-electron chi connectivity index (χ3n) is 6.97. The lowest BCUT2D eigenvalue weighted by Gasteiger charge is -2.47. The number of rotatable bonds is 6. The minimum Gasteiger partial charge on any atom is -0.393 e. The first-order chi connectivity index (χ1) is 11.7. The molecule has 2 aliphatic rings. The molecule has 3 rings (SSSR count). The van der Waals surface area contributed by atoms with Crippen molar-refractivity contribution in [2.45, 2.75) is 82.9 Å². The Labute approximate surface area is 151 Å². The third-order valence-corrected chi connectivity index (χ3v) is 8.68. The van der Waals surface area contributed by atoms with E-state index < -0.39 is 0 Å². The van der Waals surface area contributed by atoms with Crippen molar-refractivity contribution in [2.75, 3.05) is 0 Å². The highest BCUT2D eigenvalue weighted by molar-refractivity contribution is 6.35. The van der Waals surface area contributed by atoms with Crippen molar-refractivity contribution < 1.29 is 5.11 Å². The molecular formula is C22H36OSi. The van der Waals surface area contributed by atoms with Crippen LogP contribution in [0.1, 0.15) is 63.9 Å². The fraction of sp³-hybridized carbons (Fsp3) is 0.727. The first kappa shape index (κ1) is 18.2. The summed E-state index contributed by atoms with van der Waals surface area (Å²) in [6.07, 6.45) is 11.8. The average Bonchev–Trinajstić information content (AvgIpc) is 2.62. The zero-order chi connectivity index (χ0) is 16.8. The molecule has 24 heavy (non-hydrogen) atoms. The standard InChI is InChI=1S/C22H36OSi/c1-18(17-19-5-3-2-4-6-19)11-12-22(13-15-24-16-14-22)20-7-9-21(23)10-8-20/h2-6,18,20-21,23H,7-17,24H2,1H3. The Morgan fingerprint density at radius 1 is 1.08 bits per heavy atom. The summed E-state index contributed by atoms with van der Waals surface area (Å²) in [5, 5.41) is 9.90. The van der Waals surface area contributed by atoms with E-state index in [4.69, 9.17) is 0 Å². The molecule has 1 aromatic rings. The first-order valence-corrected chi connectivity index (χ1v) is 12.4. The average molecular weight is 345 g/mol. The lowest BCUT2D eigenvalue weighted by atomic mass is 9.62. The summed E-state index contributed by atoms with van der Waals surface area (Å²) in [6.45, 7) is 2.45. The zero-order valence-electron chi connectivity index (χ0n) is 15.6. The predicted molar refractivity (Wildman–Crippen MR) is 106 cm³/mol. The lowest BCUT2D eigenvalue weighted by Crippen LogP contribution is -2.37. The van der Waals surface area contributed by atoms with Crippen molar-refractivity contribution >= 4 is 9.52 Å². The van der Waals surface area contributed by atoms with Gasteiger partial charge in [0.15, 0.2) is 0 Å². The summed E-state index contributed by atoms with van der Waals surface area (Å²) >= 11 is 0. The molecule has 2 fully saturated rings. The summed E-state index contributed by atoms with van der Waals surface area (Å²) in [5.74, 6) is 1.69. The van der Waals surface area contributed by atoms with Gasteiger partial charge in [0, 0.05) is 9.52 Å². The van der Waals surface area contributed by atoms with Crippen molar-refractivity contribution in [3.63, 3.8) is 0 Å². The van der Waals surface area contributed by atoms with Crippen LogP contribution in [0.4, 0.5) is 0 Å². The summed E-state index contributed by atoms with van der Waals surface area (Å²) in [5.41, 5.74) is 2.13. The maximum atomic E-state index is 9.90. The van der Waals surface area contributed by atoms with Crippen LogP contribution in [0, 0.1) is 17.3 Å². The Morgan fingerprint density at radius 2 is 1.75 bits per heavy atom. The molecule has 1 atom stereocenters. The Kier molecular flexibility index (Phi) is 6.57. The van der Waals surface area contributed by atoms with E-state index in [0.29, 0.717) is 5.41 Å². The fourth-order valence-electron chi connectivity index (χ4n) is 5.46. The maximum absolute atomic E-state index is 9.90. The summed E-state index contributed by atoms with van der Waals surface area (Å²) in [6, 6.07) is 14.2. The maximum Gasteiger partial charge on any atom is 0.0540 e. The smallest absolute Gasteiger partial charge is 0.0540 e. The molecule has 1 saturated heterocycles. The van der Waals surface area contributed by atoms with Crippen molar-refractivity contribution in [1.29, 1.82) is 0 Å². The SMILES string of the molecule is CC(CCC1(C2CCC(O)CC2)CC[SiH2]CC1)Cc1ccccc1. The second-order valence-electron chi connectivity index (χ2n) is 8.76. The molecule has 134 valence electrons. The highest BCUT2D eigenvalue weighted by atomic mass is 28.2. The summed E-state index contributed by atoms with van der Waals surface area (Å²) in [7, 11) is 0.261. The van der Waals surface area contributed by atoms with Gasteiger partial charge in [-0.25, -0.2) is 0 Å². The number of hydrogen-bond acceptors (Lipinski definition) is 1. The van der Waals surface area contributed by atoms with Crippen LogP contribution in [0.5, 0.6) is 0 Å². The molecule has 1 unspecified atom stereocenters. The molecule has 1 aromatic carbocycles. The van der Waals surface area contributed by atoms with Gasteiger partial charge in [-0.2, -0.15) is 0 Å². The molecule has 1 saturated carbocycles. The van der Waals surface area contributed by atoms with Crippen molar-refractivity contribution in [2.24, 2.45) is 17.3 Å². The van der Waals surface area contributed by atoms with Gasteiger partial charge in [-0.15, -0.1) is 0 Å². The topological polar surface area (TPSA) is 20.2 Å². The molecule has 1 nitrogen and oxygen atoms in total. The second kappa shape index (κ2) is 8.67. The van der Waals surface area contributed by atoms with Crippen LogP contribution in [0.25, 0.3) is 0 Å². The van der Waals surface area contributed by atoms with Crippen LogP contribution in [0.15, 0.2) is 30.3 Å². The normalized spacial score (nSPS) is 33.4. The van der Waals surface area contributed by atoms with Gasteiger partial charge in [-0.1, -0.05) is 62.2 Å². The van der Waals surface area contributed by atoms with Gasteiger partial charge in [0.2, 0.25) is 0 Å². The highest BCUT2D eigenvalue weighted by Crippen LogP contribution is 2.51. The van der Waals surface area contributed by atoms with Gasteiger partial charge in [-0.3, -0.25) is 0 Å². The monoisotopic (exact) mass is 344 g/mol. The predicted octanol–water partition coefficient (Wildman–Crippen LogP) is 4.98. The van der Waals surface area contributed by atoms with Crippen molar-refractivity contribution in [3.05, 3.63) is 35.9 Å². The number of aliphatic hydroxyl groups is 1. The molecule has 0 amide bonds. The number of hydrogen-bond donors (Lipinski definition) is 1. The summed E-state index contributed by atoms with van der Waals surface area (Å²) < 4.78 is 0. The van der Waals surface area contributed by atoms with Crippen LogP contribution in [-0.2, 0) is 6.42 Å². The largest absolute Gasteiger partial charge is 0.393 e. The number of benzene rings is 1. The van der Waals surface area contributed by atoms with Crippen LogP contribution < -0.4 is 0 Å². The van der Waals surface area contributed by atoms with E-state index in [-0.39, 0.29) is 15.6 Å². The summed E-state index contributed by atoms with van der Waals surface area (Å²) in [4.78, 5) is 0. The van der Waals surface area contributed by atoms with Gasteiger partial charge in [0.1, 0.15) is 0 Å². The van der Waals surface area contributed by atoms with Crippen LogP contribution in [0.3, 0.4) is 0 Å². The second-order valence-corrected chi connectivity index (χ2v) is 10.9. The van der Waals surface area contributed by atoms with E-state index in [1.807, 2.05) is 0 Å². The molecule has 1 aliphatic heterocycles. The quantitative estimate of drug-likeness (QED) is 0.721. The van der Waals surface area contributed by atoms with E-state index in [1.165, 1.54) is 50.5 Å². The Hall–Kier alpha value is -0.603. The molecule has 0 spiro atoms. The van der Waals surface area contributed by atoms with Gasteiger partial charge >= 0.3 is 0 Å². The van der Waals surface area contributed by atoms with Crippen LogP contribution >= 0.6 is 0 Å². The first-order valence-electron chi connectivity index (χ1n) is 10.4. The van der Waals surface area contributed by atoms with Gasteiger partial charge in [-0.05, 0) is 67.8 Å². The Balaban J connectivity index is 1.58. The van der Waals surface area contributed by atoms with Crippen molar-refractivity contribution in [1.82, 2.24) is 0 Å². The minimum absolute atomic E-state index is 0.00623. The Morgan fingerprint density at radius 3 is 2.42 bits per heavy atom. The molecule has 1 N–H and O–H groups in total. The van der Waals surface area contributed by atoms with E-state index >= 15 is 0 Å². The zero-order valence-corrected chi connectivity index (χ0v) is 17.0. The lowest BCUT2D eigenvalue weighted by molar-refractivity contribution is 0.0323. The molecule has 1 heterocycles. The van der Waals surface area contributed by atoms with Crippen LogP contribution in [0.2, 0.25) is 12.1 Å². The van der Waals surface area contributed by atoms with E-state index in [1.54, 1.807) is 12.1 Å². The van der Waals surface area contributed by atoms with E-state index in [2.05, 4.69) is 37.3 Å². The Bertz CT molecular complexity index is 472. The third kappa shape index (κ3) is 4.73. The van der Waals surface area contributed by atoms with E-state index in [9.17, 15) is 5.11 Å². The van der Waals surface area contributed by atoms with Gasteiger partial charge < -0.3 is 5.11 Å². The van der Waals surface area contributed by atoms with Gasteiger partial charge in [0.25, 0.3) is 0 Å². The number of aliphatic hydroxyl groups excluding tert-OH is 1.